The summed E-state index contributed by atoms with van der Waals surface area (Å²) in [6.07, 6.45) is 2.03. The van der Waals surface area contributed by atoms with Crippen molar-refractivity contribution in [3.8, 4) is 16.9 Å². The van der Waals surface area contributed by atoms with Crippen molar-refractivity contribution in [2.75, 3.05) is 20.2 Å². The first-order valence-corrected chi connectivity index (χ1v) is 10.7. The van der Waals surface area contributed by atoms with Crippen molar-refractivity contribution >= 4 is 22.8 Å². The number of methoxy groups -OCH3 is 1. The van der Waals surface area contributed by atoms with Crippen LogP contribution < -0.4 is 16.1 Å². The third-order valence-electron chi connectivity index (χ3n) is 6.09. The van der Waals surface area contributed by atoms with Crippen LogP contribution in [0, 0.1) is 5.92 Å². The molecule has 32 heavy (non-hydrogen) atoms. The van der Waals surface area contributed by atoms with E-state index in [1.165, 1.54) is 6.07 Å². The van der Waals surface area contributed by atoms with Gasteiger partial charge in [0.2, 0.25) is 11.8 Å². The van der Waals surface area contributed by atoms with Crippen LogP contribution in [0.5, 0.6) is 5.75 Å². The number of amides is 2. The van der Waals surface area contributed by atoms with Gasteiger partial charge in [-0.25, -0.2) is 4.79 Å². The number of primary amides is 1. The maximum absolute atomic E-state index is 12.8. The van der Waals surface area contributed by atoms with Crippen molar-refractivity contribution in [3.63, 3.8) is 0 Å². The third kappa shape index (κ3) is 4.51. The minimum absolute atomic E-state index is 0.0398. The number of aryl methyl sites for hydroxylation is 1. The molecule has 1 fully saturated rings. The van der Waals surface area contributed by atoms with Crippen LogP contribution in [0.15, 0.2) is 57.7 Å². The molecule has 7 nitrogen and oxygen atoms in total. The van der Waals surface area contributed by atoms with Gasteiger partial charge in [-0.1, -0.05) is 30.3 Å². The lowest BCUT2D eigenvalue weighted by Gasteiger charge is -2.30. The highest BCUT2D eigenvalue weighted by Crippen LogP contribution is 2.33. The number of hydrogen-bond donors (Lipinski definition) is 1. The molecule has 2 amide bonds. The molecule has 0 saturated carbocycles. The summed E-state index contributed by atoms with van der Waals surface area (Å²) in [6, 6.07) is 14.8. The minimum Gasteiger partial charge on any atom is -0.496 e. The topological polar surface area (TPSA) is 103 Å². The second-order valence-corrected chi connectivity index (χ2v) is 8.06. The Labute approximate surface area is 185 Å². The Morgan fingerprint density at radius 1 is 1.12 bits per heavy atom. The third-order valence-corrected chi connectivity index (χ3v) is 6.09. The highest BCUT2D eigenvalue weighted by atomic mass is 16.5. The number of likely N-dealkylation sites (tertiary alicyclic amines) is 1. The molecule has 166 valence electrons. The van der Waals surface area contributed by atoms with Gasteiger partial charge in [-0.15, -0.1) is 0 Å². The molecule has 0 spiro atoms. The van der Waals surface area contributed by atoms with Crippen molar-refractivity contribution < 1.29 is 18.7 Å². The predicted octanol–water partition coefficient (Wildman–Crippen LogP) is 3.13. The van der Waals surface area contributed by atoms with Crippen LogP contribution in [0.1, 0.15) is 24.8 Å². The van der Waals surface area contributed by atoms with Crippen LogP contribution >= 0.6 is 0 Å². The highest BCUT2D eigenvalue weighted by Gasteiger charge is 2.26. The molecule has 7 heteroatoms. The number of nitrogens with zero attached hydrogens (tertiary/aromatic N) is 1. The van der Waals surface area contributed by atoms with Gasteiger partial charge < -0.3 is 19.8 Å². The standard InChI is InChI=1S/C25H26N2O5/c1-31-21-15-22-20(19(14-24(29)32-22)16-5-3-2-4-6-16)13-18(21)7-8-23(28)27-11-9-17(10-12-27)25(26)30/h2-6,13-15,17H,7-12H2,1H3,(H2,26,30). The van der Waals surface area contributed by atoms with Crippen molar-refractivity contribution in [2.24, 2.45) is 11.7 Å². The smallest absolute Gasteiger partial charge is 0.336 e. The Bertz CT molecular complexity index is 1190. The van der Waals surface area contributed by atoms with Crippen LogP contribution in [0.4, 0.5) is 0 Å². The van der Waals surface area contributed by atoms with Crippen molar-refractivity contribution in [3.05, 3.63) is 64.5 Å². The molecule has 0 bridgehead atoms. The number of fused-ring (bicyclic) bond motifs is 1. The Morgan fingerprint density at radius 2 is 1.84 bits per heavy atom. The molecule has 0 unspecified atom stereocenters. The van der Waals surface area contributed by atoms with E-state index in [0.717, 1.165) is 22.1 Å². The fourth-order valence-corrected chi connectivity index (χ4v) is 4.29. The van der Waals surface area contributed by atoms with Crippen LogP contribution in [0.2, 0.25) is 0 Å². The molecule has 2 N–H and O–H groups in total. The average Bonchev–Trinajstić information content (AvgIpc) is 2.82. The molecule has 0 atom stereocenters. The van der Waals surface area contributed by atoms with Gasteiger partial charge in [-0.2, -0.15) is 0 Å². The van der Waals surface area contributed by atoms with E-state index in [1.807, 2.05) is 36.4 Å². The van der Waals surface area contributed by atoms with Gasteiger partial charge in [0.25, 0.3) is 0 Å². The van der Waals surface area contributed by atoms with Crippen LogP contribution in [0.3, 0.4) is 0 Å². The molecule has 1 aliphatic heterocycles. The SMILES string of the molecule is COc1cc2oc(=O)cc(-c3ccccc3)c2cc1CCC(=O)N1CCC(C(N)=O)CC1. The molecule has 1 aliphatic rings. The molecule has 2 heterocycles. The number of rotatable bonds is 6. The molecule has 2 aromatic carbocycles. The summed E-state index contributed by atoms with van der Waals surface area (Å²) >= 11 is 0. The van der Waals surface area contributed by atoms with Gasteiger partial charge in [0.15, 0.2) is 0 Å². The molecule has 1 saturated heterocycles. The van der Waals surface area contributed by atoms with E-state index in [1.54, 1.807) is 18.1 Å². The molecular weight excluding hydrogens is 408 g/mol. The van der Waals surface area contributed by atoms with E-state index in [0.29, 0.717) is 50.1 Å². The van der Waals surface area contributed by atoms with Crippen molar-refractivity contribution in [1.29, 1.82) is 0 Å². The lowest BCUT2D eigenvalue weighted by atomic mass is 9.95. The molecule has 4 rings (SSSR count). The van der Waals surface area contributed by atoms with E-state index in [9.17, 15) is 14.4 Å². The largest absolute Gasteiger partial charge is 0.496 e. The van der Waals surface area contributed by atoms with E-state index < -0.39 is 5.63 Å². The number of nitrogens with two attached hydrogens (primary N) is 1. The Balaban J connectivity index is 1.58. The second kappa shape index (κ2) is 9.26. The second-order valence-electron chi connectivity index (χ2n) is 8.06. The monoisotopic (exact) mass is 434 g/mol. The summed E-state index contributed by atoms with van der Waals surface area (Å²) in [4.78, 5) is 38.0. The summed E-state index contributed by atoms with van der Waals surface area (Å²) < 4.78 is 10.9. The van der Waals surface area contributed by atoms with E-state index >= 15 is 0 Å². The number of hydrogen-bond acceptors (Lipinski definition) is 5. The average molecular weight is 434 g/mol. The normalized spacial score (nSPS) is 14.5. The number of benzene rings is 2. The van der Waals surface area contributed by atoms with Gasteiger partial charge >= 0.3 is 5.63 Å². The number of carbonyl (C=O) groups is 2. The quantitative estimate of drug-likeness (QED) is 0.601. The summed E-state index contributed by atoms with van der Waals surface area (Å²) in [7, 11) is 1.56. The van der Waals surface area contributed by atoms with E-state index in [2.05, 4.69) is 0 Å². The lowest BCUT2D eigenvalue weighted by molar-refractivity contribution is -0.134. The Kier molecular flexibility index (Phi) is 6.25. The Morgan fingerprint density at radius 3 is 2.50 bits per heavy atom. The fourth-order valence-electron chi connectivity index (χ4n) is 4.29. The maximum Gasteiger partial charge on any atom is 0.336 e. The number of piperidine rings is 1. The predicted molar refractivity (Wildman–Crippen MR) is 121 cm³/mol. The zero-order valence-corrected chi connectivity index (χ0v) is 18.0. The zero-order chi connectivity index (χ0) is 22.7. The first kappa shape index (κ1) is 21.6. The van der Waals surface area contributed by atoms with Gasteiger partial charge in [0, 0.05) is 42.9 Å². The first-order chi connectivity index (χ1) is 15.5. The van der Waals surface area contributed by atoms with Gasteiger partial charge in [-0.3, -0.25) is 9.59 Å². The first-order valence-electron chi connectivity index (χ1n) is 10.7. The van der Waals surface area contributed by atoms with Crippen LogP contribution in [-0.4, -0.2) is 36.9 Å². The van der Waals surface area contributed by atoms with Crippen molar-refractivity contribution in [2.45, 2.75) is 25.7 Å². The van der Waals surface area contributed by atoms with Gasteiger partial charge in [0.05, 0.1) is 7.11 Å². The summed E-state index contributed by atoms with van der Waals surface area (Å²) in [5, 5.41) is 0.793. The molecule has 1 aromatic heterocycles. The van der Waals surface area contributed by atoms with Crippen LogP contribution in [0.25, 0.3) is 22.1 Å². The highest BCUT2D eigenvalue weighted by molar-refractivity contribution is 5.94. The number of ether oxygens (including phenoxy) is 1. The fraction of sp³-hybridized carbons (Fsp3) is 0.320. The molecule has 0 aliphatic carbocycles. The minimum atomic E-state index is -0.430. The molecule has 0 radical (unpaired) electrons. The van der Waals surface area contributed by atoms with Gasteiger partial charge in [0.1, 0.15) is 11.3 Å². The maximum atomic E-state index is 12.8. The summed E-state index contributed by atoms with van der Waals surface area (Å²) in [5.41, 5.74) is 7.95. The lowest BCUT2D eigenvalue weighted by Crippen LogP contribution is -2.41. The summed E-state index contributed by atoms with van der Waals surface area (Å²) in [6.45, 7) is 1.09. The van der Waals surface area contributed by atoms with Gasteiger partial charge in [-0.05, 0) is 42.0 Å². The van der Waals surface area contributed by atoms with Crippen molar-refractivity contribution in [1.82, 2.24) is 4.90 Å². The zero-order valence-electron chi connectivity index (χ0n) is 18.0. The summed E-state index contributed by atoms with van der Waals surface area (Å²) in [5.74, 6) is 0.175. The van der Waals surface area contributed by atoms with Crippen LogP contribution in [-0.2, 0) is 16.0 Å². The molecular formula is C25H26N2O5. The Hall–Kier alpha value is -3.61. The molecule has 3 aromatic rings. The number of carbonyl (C=O) groups excluding carboxylic acids is 2. The van der Waals surface area contributed by atoms with E-state index in [4.69, 9.17) is 14.9 Å². The van der Waals surface area contributed by atoms with E-state index in [-0.39, 0.29) is 17.7 Å².